The molecule has 1 unspecified atom stereocenters. The van der Waals surface area contributed by atoms with Gasteiger partial charge < -0.3 is 25.8 Å². The minimum atomic E-state index is -4.45. The van der Waals surface area contributed by atoms with Gasteiger partial charge in [-0.05, 0) is 87.1 Å². The van der Waals surface area contributed by atoms with Crippen molar-refractivity contribution in [2.45, 2.75) is 45.5 Å². The Morgan fingerprint density at radius 3 is 2.64 bits per heavy atom. The first-order valence-corrected chi connectivity index (χ1v) is 14.8. The molecule has 4 aromatic rings. The summed E-state index contributed by atoms with van der Waals surface area (Å²) in [5.41, 5.74) is 10.6. The molecule has 2 heterocycles. The Balaban J connectivity index is 1.48. The topological polar surface area (TPSA) is 101 Å². The first kappa shape index (κ1) is 31.1. The van der Waals surface area contributed by atoms with E-state index < -0.39 is 17.6 Å². The number of nitrogens with two attached hydrogens (primary N) is 1. The number of hydrogen-bond acceptors (Lipinski definition) is 6. The molecule has 4 N–H and O–H groups in total. The van der Waals surface area contributed by atoms with Crippen molar-refractivity contribution in [2.24, 2.45) is 16.6 Å². The number of alkyl halides is 3. The van der Waals surface area contributed by atoms with Crippen molar-refractivity contribution in [2.75, 3.05) is 32.5 Å². The third kappa shape index (κ3) is 6.57. The van der Waals surface area contributed by atoms with E-state index in [9.17, 15) is 18.0 Å². The predicted octanol–water partition coefficient (Wildman–Crippen LogP) is 6.61. The molecule has 8 nitrogen and oxygen atoms in total. The molecule has 1 aliphatic heterocycles. The molecular weight excluding hydrogens is 567 g/mol. The van der Waals surface area contributed by atoms with Crippen LogP contribution in [0.4, 0.5) is 24.5 Å². The molecule has 0 spiro atoms. The zero-order chi connectivity index (χ0) is 31.6. The van der Waals surface area contributed by atoms with E-state index in [1.807, 2.05) is 24.3 Å². The minimum absolute atomic E-state index is 0.0404. The summed E-state index contributed by atoms with van der Waals surface area (Å²) in [5.74, 6) is 0.955. The van der Waals surface area contributed by atoms with Crippen molar-refractivity contribution in [3.05, 3.63) is 77.4 Å². The number of aliphatic imine (C=N–C) groups is 1. The van der Waals surface area contributed by atoms with E-state index in [2.05, 4.69) is 48.0 Å². The van der Waals surface area contributed by atoms with Gasteiger partial charge in [0.15, 0.2) is 0 Å². The SMILES string of the molecule is CCC(C)[C@@H]1C(N)=Nc2ccc(NCCCN(C)C)cc2-c2nc3cc(C(=O)NCc4cccc(C(F)(F)F)c4)ccc3n21. The number of nitrogens with one attached hydrogen (secondary N) is 2. The van der Waals surface area contributed by atoms with E-state index >= 15 is 0 Å². The van der Waals surface area contributed by atoms with Gasteiger partial charge in [0.25, 0.3) is 5.91 Å². The third-order valence-electron chi connectivity index (χ3n) is 8.02. The van der Waals surface area contributed by atoms with Gasteiger partial charge >= 0.3 is 6.18 Å². The largest absolute Gasteiger partial charge is 0.416 e. The van der Waals surface area contributed by atoms with Crippen molar-refractivity contribution in [1.82, 2.24) is 19.8 Å². The smallest absolute Gasteiger partial charge is 0.385 e. The number of imidazole rings is 1. The van der Waals surface area contributed by atoms with Gasteiger partial charge in [0.1, 0.15) is 11.7 Å². The molecule has 11 heteroatoms. The number of nitrogens with zero attached hydrogens (tertiary/aromatic N) is 4. The zero-order valence-electron chi connectivity index (χ0n) is 25.4. The molecule has 0 aliphatic carbocycles. The number of hydrogen-bond donors (Lipinski definition) is 3. The Hall–Kier alpha value is -4.38. The number of carbonyl (C=O) groups is 1. The minimum Gasteiger partial charge on any atom is -0.385 e. The van der Waals surface area contributed by atoms with Gasteiger partial charge in [0, 0.05) is 29.9 Å². The number of amidine groups is 1. The maximum atomic E-state index is 13.1. The molecular formula is C33H38F3N7O. The Bertz CT molecular complexity index is 1690. The van der Waals surface area contributed by atoms with Gasteiger partial charge in [-0.2, -0.15) is 13.2 Å². The molecule has 0 radical (unpaired) electrons. The molecule has 0 fully saturated rings. The lowest BCUT2D eigenvalue weighted by Crippen LogP contribution is -2.31. The number of benzene rings is 3. The van der Waals surface area contributed by atoms with Crippen molar-refractivity contribution < 1.29 is 18.0 Å². The van der Waals surface area contributed by atoms with Crippen LogP contribution in [0.25, 0.3) is 22.4 Å². The van der Waals surface area contributed by atoms with Gasteiger partial charge in [-0.3, -0.25) is 4.79 Å². The maximum Gasteiger partial charge on any atom is 0.416 e. The monoisotopic (exact) mass is 605 g/mol. The summed E-state index contributed by atoms with van der Waals surface area (Å²) in [6.07, 6.45) is -2.60. The molecule has 232 valence electrons. The first-order valence-electron chi connectivity index (χ1n) is 14.8. The highest BCUT2D eigenvalue weighted by molar-refractivity contribution is 6.00. The van der Waals surface area contributed by atoms with Crippen LogP contribution in [0, 0.1) is 5.92 Å². The Morgan fingerprint density at radius 2 is 1.91 bits per heavy atom. The van der Waals surface area contributed by atoms with Crippen LogP contribution in [0.3, 0.4) is 0 Å². The molecule has 0 bridgehead atoms. The summed E-state index contributed by atoms with van der Waals surface area (Å²) in [6.45, 7) is 5.98. The third-order valence-corrected chi connectivity index (χ3v) is 8.02. The molecule has 3 aromatic carbocycles. The van der Waals surface area contributed by atoms with Crippen LogP contribution in [-0.4, -0.2) is 53.4 Å². The van der Waals surface area contributed by atoms with E-state index in [4.69, 9.17) is 15.7 Å². The van der Waals surface area contributed by atoms with Crippen molar-refractivity contribution in [3.8, 4) is 11.4 Å². The van der Waals surface area contributed by atoms with Crippen molar-refractivity contribution in [1.29, 1.82) is 0 Å². The number of halogens is 3. The molecule has 1 aromatic heterocycles. The van der Waals surface area contributed by atoms with Gasteiger partial charge in [-0.15, -0.1) is 0 Å². The number of aromatic nitrogens is 2. The lowest BCUT2D eigenvalue weighted by molar-refractivity contribution is -0.137. The van der Waals surface area contributed by atoms with E-state index in [1.165, 1.54) is 6.07 Å². The summed E-state index contributed by atoms with van der Waals surface area (Å²) < 4.78 is 41.5. The second kappa shape index (κ2) is 12.7. The molecule has 5 rings (SSSR count). The fourth-order valence-corrected chi connectivity index (χ4v) is 5.51. The van der Waals surface area contributed by atoms with Crippen molar-refractivity contribution in [3.63, 3.8) is 0 Å². The summed E-state index contributed by atoms with van der Waals surface area (Å²) >= 11 is 0. The first-order chi connectivity index (χ1) is 21.0. The quantitative estimate of drug-likeness (QED) is 0.177. The van der Waals surface area contributed by atoms with Crippen LogP contribution in [0.5, 0.6) is 0 Å². The maximum absolute atomic E-state index is 13.1. The van der Waals surface area contributed by atoms with Gasteiger partial charge in [0.05, 0.1) is 28.3 Å². The van der Waals surface area contributed by atoms with Crippen LogP contribution in [0.2, 0.25) is 0 Å². The van der Waals surface area contributed by atoms with Gasteiger partial charge in [0.2, 0.25) is 0 Å². The molecule has 44 heavy (non-hydrogen) atoms. The number of fused-ring (bicyclic) bond motifs is 5. The standard InChI is InChI=1S/C33H38F3N7O/c1-5-20(2)29-30(37)40-26-12-11-24(38-14-7-15-42(3)4)18-25(26)31-41-27-17-22(10-13-28(27)43(29)31)32(44)39-19-21-8-6-9-23(16-21)33(34,35)36/h6,8-13,16-18,20,29,38H,5,7,14-15,19H2,1-4H3,(H2,37,40)(H,39,44)/t20?,29-/m1/s1. The lowest BCUT2D eigenvalue weighted by Gasteiger charge is -2.25. The summed E-state index contributed by atoms with van der Waals surface area (Å²) in [5, 5.41) is 6.23. The van der Waals surface area contributed by atoms with Gasteiger partial charge in [-0.1, -0.05) is 32.4 Å². The van der Waals surface area contributed by atoms with Crippen LogP contribution in [0.15, 0.2) is 65.7 Å². The average molecular weight is 606 g/mol. The summed E-state index contributed by atoms with van der Waals surface area (Å²) in [7, 11) is 4.10. The zero-order valence-corrected chi connectivity index (χ0v) is 25.4. The predicted molar refractivity (Wildman–Crippen MR) is 169 cm³/mol. The highest BCUT2D eigenvalue weighted by atomic mass is 19.4. The number of carbonyl (C=O) groups excluding carboxylic acids is 1. The summed E-state index contributed by atoms with van der Waals surface area (Å²) in [4.78, 5) is 25.1. The average Bonchev–Trinajstić information content (AvgIpc) is 3.30. The molecule has 0 saturated carbocycles. The normalized spacial score (nSPS) is 15.4. The van der Waals surface area contributed by atoms with Crippen LogP contribution in [-0.2, 0) is 12.7 Å². The van der Waals surface area contributed by atoms with Crippen LogP contribution in [0.1, 0.15) is 54.2 Å². The molecule has 0 saturated heterocycles. The second-order valence-electron chi connectivity index (χ2n) is 11.6. The number of anilines is 1. The molecule has 1 amide bonds. The van der Waals surface area contributed by atoms with E-state index in [0.717, 1.165) is 60.5 Å². The van der Waals surface area contributed by atoms with E-state index in [0.29, 0.717) is 28.3 Å². The Kier molecular flexibility index (Phi) is 8.96. The summed E-state index contributed by atoms with van der Waals surface area (Å²) in [6, 6.07) is 15.9. The number of rotatable bonds is 10. The highest BCUT2D eigenvalue weighted by Gasteiger charge is 2.32. The van der Waals surface area contributed by atoms with E-state index in [-0.39, 0.29) is 18.5 Å². The fraction of sp³-hybridized carbons (Fsp3) is 0.364. The molecule has 2 atom stereocenters. The number of amides is 1. The molecule has 1 aliphatic rings. The van der Waals surface area contributed by atoms with Crippen LogP contribution >= 0.6 is 0 Å². The van der Waals surface area contributed by atoms with Crippen molar-refractivity contribution >= 4 is 34.2 Å². The Labute approximate surface area is 255 Å². The lowest BCUT2D eigenvalue weighted by atomic mass is 9.97. The van der Waals surface area contributed by atoms with Gasteiger partial charge in [-0.25, -0.2) is 9.98 Å². The fourth-order valence-electron chi connectivity index (χ4n) is 5.51. The Morgan fingerprint density at radius 1 is 1.11 bits per heavy atom. The van der Waals surface area contributed by atoms with E-state index in [1.54, 1.807) is 18.2 Å². The van der Waals surface area contributed by atoms with Crippen LogP contribution < -0.4 is 16.4 Å². The second-order valence-corrected chi connectivity index (χ2v) is 11.6. The highest BCUT2D eigenvalue weighted by Crippen LogP contribution is 2.41.